The maximum Gasteiger partial charge on any atom is 0.240 e. The summed E-state index contributed by atoms with van der Waals surface area (Å²) in [6.07, 6.45) is 0.215. The van der Waals surface area contributed by atoms with Crippen LogP contribution in [-0.2, 0) is 21.2 Å². The van der Waals surface area contributed by atoms with Crippen molar-refractivity contribution < 1.29 is 22.7 Å². The number of fused-ring (bicyclic) bond motifs is 2. The van der Waals surface area contributed by atoms with Gasteiger partial charge in [0.25, 0.3) is 0 Å². The number of amides is 1. The summed E-state index contributed by atoms with van der Waals surface area (Å²) in [5.74, 6) is 1.30. The summed E-state index contributed by atoms with van der Waals surface area (Å²) in [6, 6.07) is 10.2. The van der Waals surface area contributed by atoms with Gasteiger partial charge in [-0.05, 0) is 55.6 Å². The summed E-state index contributed by atoms with van der Waals surface area (Å²) in [4.78, 5) is 15.5. The lowest BCUT2D eigenvalue weighted by Crippen LogP contribution is -2.34. The Labute approximate surface area is 170 Å². The standard InChI is InChI=1S/C20H23N3O5S/c1-22(2)17(13-4-7-18-19(9-13)28-12-27-18)11-21-29(25,26)15-5-6-16-14(8-15)10-20(24)23(16)3/h4-9,17,21H,10-12H2,1-3H3. The fourth-order valence-electron chi connectivity index (χ4n) is 3.60. The van der Waals surface area contributed by atoms with E-state index < -0.39 is 10.0 Å². The normalized spacial score (nSPS) is 16.4. The van der Waals surface area contributed by atoms with Gasteiger partial charge in [0.15, 0.2) is 11.5 Å². The lowest BCUT2D eigenvalue weighted by Gasteiger charge is -2.25. The Bertz CT molecular complexity index is 1070. The predicted molar refractivity (Wildman–Crippen MR) is 108 cm³/mol. The highest BCUT2D eigenvalue weighted by Gasteiger charge is 2.27. The van der Waals surface area contributed by atoms with Crippen molar-refractivity contribution in [2.45, 2.75) is 17.4 Å². The van der Waals surface area contributed by atoms with E-state index in [4.69, 9.17) is 9.47 Å². The monoisotopic (exact) mass is 417 g/mol. The van der Waals surface area contributed by atoms with Crippen LogP contribution in [0, 0.1) is 0 Å². The van der Waals surface area contributed by atoms with Crippen molar-refractivity contribution in [2.24, 2.45) is 0 Å². The van der Waals surface area contributed by atoms with Crippen LogP contribution >= 0.6 is 0 Å². The number of hydrogen-bond donors (Lipinski definition) is 1. The minimum Gasteiger partial charge on any atom is -0.454 e. The molecule has 9 heteroatoms. The minimum atomic E-state index is -3.73. The fourth-order valence-corrected chi connectivity index (χ4v) is 4.69. The third-order valence-electron chi connectivity index (χ3n) is 5.31. The lowest BCUT2D eigenvalue weighted by atomic mass is 10.1. The van der Waals surface area contributed by atoms with Crippen LogP contribution in [0.1, 0.15) is 17.2 Å². The molecular formula is C20H23N3O5S. The van der Waals surface area contributed by atoms with E-state index in [1.807, 2.05) is 37.2 Å². The molecule has 1 atom stereocenters. The second-order valence-electron chi connectivity index (χ2n) is 7.36. The summed E-state index contributed by atoms with van der Waals surface area (Å²) in [6.45, 7) is 0.374. The molecule has 0 spiro atoms. The highest BCUT2D eigenvalue weighted by atomic mass is 32.2. The number of hydrogen-bond acceptors (Lipinski definition) is 6. The first kappa shape index (κ1) is 19.7. The first-order chi connectivity index (χ1) is 13.8. The molecule has 2 heterocycles. The summed E-state index contributed by atoms with van der Waals surface area (Å²) in [5.41, 5.74) is 2.39. The van der Waals surface area contributed by atoms with Gasteiger partial charge in [-0.1, -0.05) is 6.07 Å². The number of likely N-dealkylation sites (N-methyl/N-ethyl adjacent to an activating group) is 2. The van der Waals surface area contributed by atoms with Crippen LogP contribution in [0.3, 0.4) is 0 Å². The van der Waals surface area contributed by atoms with E-state index in [0.29, 0.717) is 11.5 Å². The van der Waals surface area contributed by atoms with Crippen molar-refractivity contribution >= 4 is 21.6 Å². The smallest absolute Gasteiger partial charge is 0.240 e. The molecule has 29 heavy (non-hydrogen) atoms. The molecule has 0 fully saturated rings. The van der Waals surface area contributed by atoms with Gasteiger partial charge in [0.1, 0.15) is 0 Å². The number of nitrogens with one attached hydrogen (secondary N) is 1. The van der Waals surface area contributed by atoms with E-state index in [0.717, 1.165) is 16.8 Å². The number of carbonyl (C=O) groups excluding carboxylic acids is 1. The average Bonchev–Trinajstić information content (AvgIpc) is 3.25. The van der Waals surface area contributed by atoms with Crippen LogP contribution in [0.5, 0.6) is 11.5 Å². The first-order valence-electron chi connectivity index (χ1n) is 9.21. The van der Waals surface area contributed by atoms with Crippen LogP contribution in [0.2, 0.25) is 0 Å². The van der Waals surface area contributed by atoms with E-state index in [1.165, 1.54) is 6.07 Å². The number of anilines is 1. The number of benzene rings is 2. The summed E-state index contributed by atoms with van der Waals surface area (Å²) in [7, 11) is 1.74. The Balaban J connectivity index is 1.53. The highest BCUT2D eigenvalue weighted by molar-refractivity contribution is 7.89. The van der Waals surface area contributed by atoms with Crippen LogP contribution in [0.15, 0.2) is 41.3 Å². The van der Waals surface area contributed by atoms with E-state index in [9.17, 15) is 13.2 Å². The Morgan fingerprint density at radius 3 is 2.66 bits per heavy atom. The molecule has 0 saturated carbocycles. The Morgan fingerprint density at radius 2 is 1.90 bits per heavy atom. The SMILES string of the molecule is CN1C(=O)Cc2cc(S(=O)(=O)NCC(c3ccc4c(c3)OCO4)N(C)C)ccc21. The van der Waals surface area contributed by atoms with Crippen molar-refractivity contribution in [3.8, 4) is 11.5 Å². The molecule has 0 aromatic heterocycles. The molecule has 8 nitrogen and oxygen atoms in total. The van der Waals surface area contributed by atoms with Gasteiger partial charge in [0, 0.05) is 25.3 Å². The summed E-state index contributed by atoms with van der Waals surface area (Å²) < 4.78 is 39.2. The number of ether oxygens (including phenoxy) is 2. The van der Waals surface area contributed by atoms with Gasteiger partial charge in [-0.3, -0.25) is 4.79 Å². The Morgan fingerprint density at radius 1 is 1.14 bits per heavy atom. The van der Waals surface area contributed by atoms with E-state index in [1.54, 1.807) is 24.1 Å². The predicted octanol–water partition coefficient (Wildman–Crippen LogP) is 1.52. The van der Waals surface area contributed by atoms with Crippen LogP contribution in [0.25, 0.3) is 0 Å². The summed E-state index contributed by atoms with van der Waals surface area (Å²) in [5, 5.41) is 0. The molecule has 2 aliphatic heterocycles. The maximum atomic E-state index is 12.9. The van der Waals surface area contributed by atoms with Crippen LogP contribution in [-0.4, -0.2) is 53.7 Å². The quantitative estimate of drug-likeness (QED) is 0.767. The van der Waals surface area contributed by atoms with Crippen molar-refractivity contribution in [1.29, 1.82) is 0 Å². The maximum absolute atomic E-state index is 12.9. The van der Waals surface area contributed by atoms with Crippen molar-refractivity contribution in [2.75, 3.05) is 39.4 Å². The van der Waals surface area contributed by atoms with Crippen molar-refractivity contribution in [1.82, 2.24) is 9.62 Å². The van der Waals surface area contributed by atoms with Gasteiger partial charge >= 0.3 is 0 Å². The molecule has 2 aromatic rings. The molecule has 0 bridgehead atoms. The van der Waals surface area contributed by atoms with Crippen LogP contribution in [0.4, 0.5) is 5.69 Å². The molecule has 0 radical (unpaired) electrons. The minimum absolute atomic E-state index is 0.0435. The molecule has 154 valence electrons. The van der Waals surface area contributed by atoms with Gasteiger partial charge in [0.2, 0.25) is 22.7 Å². The van der Waals surface area contributed by atoms with Gasteiger partial charge in [-0.2, -0.15) is 0 Å². The third kappa shape index (κ3) is 3.68. The Hall–Kier alpha value is -2.62. The van der Waals surface area contributed by atoms with Crippen LogP contribution < -0.4 is 19.1 Å². The molecule has 1 unspecified atom stereocenters. The number of rotatable bonds is 6. The zero-order chi connectivity index (χ0) is 20.8. The molecule has 0 saturated heterocycles. The van der Waals surface area contributed by atoms with Gasteiger partial charge in [-0.15, -0.1) is 0 Å². The van der Waals surface area contributed by atoms with Gasteiger partial charge in [0.05, 0.1) is 11.3 Å². The molecule has 2 aromatic carbocycles. The second kappa shape index (κ2) is 7.33. The average molecular weight is 417 g/mol. The molecule has 1 N–H and O–H groups in total. The Kier molecular flexibility index (Phi) is 4.97. The zero-order valence-corrected chi connectivity index (χ0v) is 17.3. The van der Waals surface area contributed by atoms with E-state index in [2.05, 4.69) is 4.72 Å². The van der Waals surface area contributed by atoms with E-state index in [-0.39, 0.29) is 36.6 Å². The molecular weight excluding hydrogens is 394 g/mol. The van der Waals surface area contributed by atoms with Crippen molar-refractivity contribution in [3.05, 3.63) is 47.5 Å². The zero-order valence-electron chi connectivity index (χ0n) is 16.5. The van der Waals surface area contributed by atoms with Crippen molar-refractivity contribution in [3.63, 3.8) is 0 Å². The molecule has 0 aliphatic carbocycles. The molecule has 4 rings (SSSR count). The number of carbonyl (C=O) groups is 1. The second-order valence-corrected chi connectivity index (χ2v) is 9.13. The topological polar surface area (TPSA) is 88.2 Å². The largest absolute Gasteiger partial charge is 0.454 e. The first-order valence-corrected chi connectivity index (χ1v) is 10.7. The fraction of sp³-hybridized carbons (Fsp3) is 0.350. The highest BCUT2D eigenvalue weighted by Crippen LogP contribution is 2.35. The molecule has 2 aliphatic rings. The van der Waals surface area contributed by atoms with Gasteiger partial charge < -0.3 is 19.3 Å². The van der Waals surface area contributed by atoms with Gasteiger partial charge in [-0.25, -0.2) is 13.1 Å². The molecule has 1 amide bonds. The number of sulfonamides is 1. The lowest BCUT2D eigenvalue weighted by molar-refractivity contribution is -0.117. The van der Waals surface area contributed by atoms with E-state index >= 15 is 0 Å². The third-order valence-corrected chi connectivity index (χ3v) is 6.73. The number of nitrogens with zero attached hydrogens (tertiary/aromatic N) is 2. The summed E-state index contributed by atoms with van der Waals surface area (Å²) >= 11 is 0.